The lowest BCUT2D eigenvalue weighted by molar-refractivity contribution is 0.0541. The lowest BCUT2D eigenvalue weighted by Gasteiger charge is -2.39. The molecule has 0 spiro atoms. The summed E-state index contributed by atoms with van der Waals surface area (Å²) in [4.78, 5) is 21.0. The molecule has 0 radical (unpaired) electrons. The second kappa shape index (κ2) is 6.70. The Morgan fingerprint density at radius 1 is 1.40 bits per heavy atom. The highest BCUT2D eigenvalue weighted by atomic mass is 16.2. The van der Waals surface area contributed by atoms with Crippen LogP contribution in [0.3, 0.4) is 0 Å². The number of likely N-dealkylation sites (N-methyl/N-ethyl adjacent to an activating group) is 1. The standard InChI is InChI=1S/C15H24N4O/c1-4-13-11-19(9-8-18(13)3)15(20)12-6-7-14(16-5-2)17-10-12/h6-7,10,13H,4-5,8-9,11H2,1-3H3,(H,16,17). The summed E-state index contributed by atoms with van der Waals surface area (Å²) in [6, 6.07) is 4.18. The van der Waals surface area contributed by atoms with E-state index in [-0.39, 0.29) is 5.91 Å². The van der Waals surface area contributed by atoms with Crippen molar-refractivity contribution in [3.8, 4) is 0 Å². The molecule has 5 nitrogen and oxygen atoms in total. The normalized spacial score (nSPS) is 19.9. The van der Waals surface area contributed by atoms with Crippen LogP contribution in [-0.4, -0.2) is 60.0 Å². The predicted molar refractivity (Wildman–Crippen MR) is 81.0 cm³/mol. The average Bonchev–Trinajstić information content (AvgIpc) is 2.48. The predicted octanol–water partition coefficient (Wildman–Crippen LogP) is 1.68. The molecule has 1 amide bonds. The molecule has 110 valence electrons. The van der Waals surface area contributed by atoms with E-state index < -0.39 is 0 Å². The zero-order valence-corrected chi connectivity index (χ0v) is 12.6. The summed E-state index contributed by atoms with van der Waals surface area (Å²) in [7, 11) is 2.13. The Labute approximate surface area is 121 Å². The minimum Gasteiger partial charge on any atom is -0.370 e. The van der Waals surface area contributed by atoms with Gasteiger partial charge in [-0.3, -0.25) is 9.69 Å². The van der Waals surface area contributed by atoms with Crippen LogP contribution in [0.1, 0.15) is 30.6 Å². The van der Waals surface area contributed by atoms with E-state index in [1.165, 1.54) is 0 Å². The smallest absolute Gasteiger partial charge is 0.255 e. The highest BCUT2D eigenvalue weighted by Crippen LogP contribution is 2.14. The zero-order chi connectivity index (χ0) is 14.5. The summed E-state index contributed by atoms with van der Waals surface area (Å²) in [5.41, 5.74) is 0.672. The third kappa shape index (κ3) is 3.28. The van der Waals surface area contributed by atoms with Gasteiger partial charge in [-0.25, -0.2) is 4.98 Å². The number of rotatable bonds is 4. The van der Waals surface area contributed by atoms with E-state index >= 15 is 0 Å². The Morgan fingerprint density at radius 3 is 2.80 bits per heavy atom. The number of carbonyl (C=O) groups excluding carboxylic acids is 1. The number of hydrogen-bond donors (Lipinski definition) is 1. The van der Waals surface area contributed by atoms with Crippen LogP contribution < -0.4 is 5.32 Å². The van der Waals surface area contributed by atoms with Gasteiger partial charge in [-0.15, -0.1) is 0 Å². The second-order valence-corrected chi connectivity index (χ2v) is 5.26. The Kier molecular flexibility index (Phi) is 4.95. The number of anilines is 1. The average molecular weight is 276 g/mol. The van der Waals surface area contributed by atoms with E-state index in [0.29, 0.717) is 11.6 Å². The molecule has 2 rings (SSSR count). The molecule has 1 aromatic rings. The van der Waals surface area contributed by atoms with Gasteiger partial charge in [0.25, 0.3) is 5.91 Å². The fourth-order valence-electron chi connectivity index (χ4n) is 2.56. The number of pyridine rings is 1. The number of hydrogen-bond acceptors (Lipinski definition) is 4. The van der Waals surface area contributed by atoms with Gasteiger partial charge < -0.3 is 10.2 Å². The van der Waals surface area contributed by atoms with Crippen molar-refractivity contribution in [2.75, 3.05) is 38.5 Å². The lowest BCUT2D eigenvalue weighted by atomic mass is 10.1. The Balaban J connectivity index is 2.03. The molecule has 1 unspecified atom stereocenters. The fourth-order valence-corrected chi connectivity index (χ4v) is 2.56. The molecule has 0 bridgehead atoms. The van der Waals surface area contributed by atoms with Crippen molar-refractivity contribution in [3.63, 3.8) is 0 Å². The number of nitrogens with zero attached hydrogens (tertiary/aromatic N) is 3. The van der Waals surface area contributed by atoms with E-state index in [4.69, 9.17) is 0 Å². The topological polar surface area (TPSA) is 48.5 Å². The molecule has 1 fully saturated rings. The largest absolute Gasteiger partial charge is 0.370 e. The van der Waals surface area contributed by atoms with Gasteiger partial charge in [0.1, 0.15) is 5.82 Å². The van der Waals surface area contributed by atoms with E-state index in [9.17, 15) is 4.79 Å². The van der Waals surface area contributed by atoms with Crippen LogP contribution in [0.2, 0.25) is 0 Å². The lowest BCUT2D eigenvalue weighted by Crippen LogP contribution is -2.52. The van der Waals surface area contributed by atoms with E-state index in [2.05, 4.69) is 29.2 Å². The van der Waals surface area contributed by atoms with E-state index in [1.807, 2.05) is 24.0 Å². The molecule has 1 atom stereocenters. The third-order valence-corrected chi connectivity index (χ3v) is 3.90. The van der Waals surface area contributed by atoms with Gasteiger partial charge in [-0.05, 0) is 32.5 Å². The van der Waals surface area contributed by atoms with Crippen LogP contribution in [0.25, 0.3) is 0 Å². The van der Waals surface area contributed by atoms with E-state index in [0.717, 1.165) is 38.4 Å². The van der Waals surface area contributed by atoms with Crippen molar-refractivity contribution in [1.29, 1.82) is 0 Å². The summed E-state index contributed by atoms with van der Waals surface area (Å²) in [5, 5.41) is 3.13. The van der Waals surface area contributed by atoms with Gasteiger partial charge in [-0.1, -0.05) is 6.92 Å². The van der Waals surface area contributed by atoms with Crippen LogP contribution in [-0.2, 0) is 0 Å². The molecule has 5 heteroatoms. The molecule has 1 aromatic heterocycles. The first kappa shape index (κ1) is 14.8. The Morgan fingerprint density at radius 2 is 2.20 bits per heavy atom. The molecular formula is C15H24N4O. The number of amides is 1. The third-order valence-electron chi connectivity index (χ3n) is 3.90. The van der Waals surface area contributed by atoms with Crippen LogP contribution in [0.4, 0.5) is 5.82 Å². The summed E-state index contributed by atoms with van der Waals surface area (Å²) < 4.78 is 0. The summed E-state index contributed by atoms with van der Waals surface area (Å²) in [5.74, 6) is 0.904. The van der Waals surface area contributed by atoms with Crippen molar-refractivity contribution in [2.24, 2.45) is 0 Å². The van der Waals surface area contributed by atoms with Crippen LogP contribution in [0, 0.1) is 0 Å². The van der Waals surface area contributed by atoms with Gasteiger partial charge >= 0.3 is 0 Å². The molecule has 2 heterocycles. The molecule has 1 saturated heterocycles. The molecule has 0 aromatic carbocycles. The number of aromatic nitrogens is 1. The maximum absolute atomic E-state index is 12.5. The number of carbonyl (C=O) groups is 1. The number of nitrogens with one attached hydrogen (secondary N) is 1. The minimum atomic E-state index is 0.0899. The zero-order valence-electron chi connectivity index (χ0n) is 12.6. The van der Waals surface area contributed by atoms with Gasteiger partial charge in [-0.2, -0.15) is 0 Å². The Bertz CT molecular complexity index is 446. The van der Waals surface area contributed by atoms with Gasteiger partial charge in [0, 0.05) is 38.4 Å². The summed E-state index contributed by atoms with van der Waals surface area (Å²) in [6.45, 7) is 7.56. The van der Waals surface area contributed by atoms with Crippen LogP contribution in [0.15, 0.2) is 18.3 Å². The highest BCUT2D eigenvalue weighted by Gasteiger charge is 2.26. The fraction of sp³-hybridized carbons (Fsp3) is 0.600. The molecule has 0 aliphatic carbocycles. The minimum absolute atomic E-state index is 0.0899. The second-order valence-electron chi connectivity index (χ2n) is 5.26. The molecule has 1 N–H and O–H groups in total. The highest BCUT2D eigenvalue weighted by molar-refractivity contribution is 5.94. The molecular weight excluding hydrogens is 252 g/mol. The van der Waals surface area contributed by atoms with Crippen LogP contribution >= 0.6 is 0 Å². The Hall–Kier alpha value is -1.62. The van der Waals surface area contributed by atoms with E-state index in [1.54, 1.807) is 6.20 Å². The first-order chi connectivity index (χ1) is 9.65. The van der Waals surface area contributed by atoms with Gasteiger partial charge in [0.05, 0.1) is 5.56 Å². The number of piperazine rings is 1. The van der Waals surface area contributed by atoms with Crippen LogP contribution in [0.5, 0.6) is 0 Å². The maximum Gasteiger partial charge on any atom is 0.255 e. The first-order valence-electron chi connectivity index (χ1n) is 7.35. The quantitative estimate of drug-likeness (QED) is 0.909. The molecule has 1 aliphatic rings. The van der Waals surface area contributed by atoms with Crippen molar-refractivity contribution in [1.82, 2.24) is 14.8 Å². The molecule has 1 aliphatic heterocycles. The maximum atomic E-state index is 12.5. The van der Waals surface area contributed by atoms with Gasteiger partial charge in [0.2, 0.25) is 0 Å². The van der Waals surface area contributed by atoms with Crippen molar-refractivity contribution >= 4 is 11.7 Å². The summed E-state index contributed by atoms with van der Waals surface area (Å²) >= 11 is 0. The summed E-state index contributed by atoms with van der Waals surface area (Å²) in [6.07, 6.45) is 2.73. The monoisotopic (exact) mass is 276 g/mol. The van der Waals surface area contributed by atoms with Crippen molar-refractivity contribution in [3.05, 3.63) is 23.9 Å². The van der Waals surface area contributed by atoms with Crippen molar-refractivity contribution in [2.45, 2.75) is 26.3 Å². The molecule has 20 heavy (non-hydrogen) atoms. The SMILES string of the molecule is CCNc1ccc(C(=O)N2CCN(C)C(CC)C2)cn1. The first-order valence-corrected chi connectivity index (χ1v) is 7.35. The van der Waals surface area contributed by atoms with Crippen molar-refractivity contribution < 1.29 is 4.79 Å². The molecule has 0 saturated carbocycles. The van der Waals surface area contributed by atoms with Gasteiger partial charge in [0.15, 0.2) is 0 Å².